The first kappa shape index (κ1) is 15.9. The Balaban J connectivity index is 1.59. The van der Waals surface area contributed by atoms with Crippen molar-refractivity contribution in [2.45, 2.75) is 57.8 Å². The summed E-state index contributed by atoms with van der Waals surface area (Å²) in [6, 6.07) is 2.05. The number of hydrogen-bond acceptors (Lipinski definition) is 3. The first-order valence-electron chi connectivity index (χ1n) is 9.55. The molecule has 3 heterocycles. The average Bonchev–Trinajstić information content (AvgIpc) is 3.06. The molecular formula is C20H29N3O. The van der Waals surface area contributed by atoms with Gasteiger partial charge in [-0.15, -0.1) is 0 Å². The van der Waals surface area contributed by atoms with Crippen molar-refractivity contribution in [3.8, 4) is 5.75 Å². The van der Waals surface area contributed by atoms with E-state index in [1.165, 1.54) is 55.9 Å². The number of rotatable bonds is 4. The molecule has 1 saturated heterocycles. The van der Waals surface area contributed by atoms with Crippen LogP contribution in [0.25, 0.3) is 11.0 Å². The first-order valence-corrected chi connectivity index (χ1v) is 9.55. The van der Waals surface area contributed by atoms with Crippen LogP contribution in [0.3, 0.4) is 0 Å². The van der Waals surface area contributed by atoms with Crippen LogP contribution in [0.2, 0.25) is 0 Å². The van der Waals surface area contributed by atoms with Gasteiger partial charge in [0, 0.05) is 17.8 Å². The van der Waals surface area contributed by atoms with E-state index in [-0.39, 0.29) is 5.41 Å². The maximum Gasteiger partial charge on any atom is 0.141 e. The highest BCUT2D eigenvalue weighted by molar-refractivity contribution is 5.86. The molecule has 1 aliphatic heterocycles. The van der Waals surface area contributed by atoms with E-state index < -0.39 is 0 Å². The third kappa shape index (κ3) is 3.16. The van der Waals surface area contributed by atoms with Gasteiger partial charge < -0.3 is 15.0 Å². The zero-order valence-corrected chi connectivity index (χ0v) is 14.7. The van der Waals surface area contributed by atoms with Gasteiger partial charge in [0.1, 0.15) is 11.4 Å². The fourth-order valence-corrected chi connectivity index (χ4v) is 4.33. The van der Waals surface area contributed by atoms with Crippen LogP contribution in [-0.4, -0.2) is 29.7 Å². The average molecular weight is 327 g/mol. The standard InChI is InChI=1S/C20H29N3O/c1-20(8-11-21-12-9-20)14-24-17-7-10-22-19-18(17)16(13-23-19)15-5-3-2-4-6-15/h7,10,13,15,21H,2-6,8-9,11-12,14H2,1H3,(H,22,23). The summed E-state index contributed by atoms with van der Waals surface area (Å²) in [4.78, 5) is 7.90. The largest absolute Gasteiger partial charge is 0.492 e. The van der Waals surface area contributed by atoms with E-state index in [0.717, 1.165) is 31.1 Å². The van der Waals surface area contributed by atoms with Crippen LogP contribution in [0.4, 0.5) is 0 Å². The molecule has 2 N–H and O–H groups in total. The molecule has 4 rings (SSSR count). The quantitative estimate of drug-likeness (QED) is 0.876. The lowest BCUT2D eigenvalue weighted by Gasteiger charge is -2.33. The minimum absolute atomic E-state index is 0.280. The van der Waals surface area contributed by atoms with Crippen LogP contribution in [0.1, 0.15) is 63.4 Å². The summed E-state index contributed by atoms with van der Waals surface area (Å²) in [5.74, 6) is 1.68. The lowest BCUT2D eigenvalue weighted by atomic mass is 9.82. The van der Waals surface area contributed by atoms with Gasteiger partial charge in [-0.1, -0.05) is 26.2 Å². The fraction of sp³-hybridized carbons (Fsp3) is 0.650. The van der Waals surface area contributed by atoms with Gasteiger partial charge >= 0.3 is 0 Å². The second-order valence-corrected chi connectivity index (χ2v) is 7.96. The summed E-state index contributed by atoms with van der Waals surface area (Å²) in [6.07, 6.45) is 13.1. The third-order valence-corrected chi connectivity index (χ3v) is 6.00. The van der Waals surface area contributed by atoms with E-state index in [1.807, 2.05) is 12.3 Å². The lowest BCUT2D eigenvalue weighted by Crippen LogP contribution is -2.38. The summed E-state index contributed by atoms with van der Waals surface area (Å²) in [6.45, 7) is 5.35. The van der Waals surface area contributed by atoms with Crippen molar-refractivity contribution in [2.75, 3.05) is 19.7 Å². The molecule has 0 spiro atoms. The van der Waals surface area contributed by atoms with Crippen LogP contribution in [0, 0.1) is 5.41 Å². The minimum atomic E-state index is 0.280. The van der Waals surface area contributed by atoms with Gasteiger partial charge in [-0.05, 0) is 56.3 Å². The normalized spacial score (nSPS) is 21.9. The summed E-state index contributed by atoms with van der Waals surface area (Å²) < 4.78 is 6.36. The van der Waals surface area contributed by atoms with Gasteiger partial charge in [-0.3, -0.25) is 0 Å². The summed E-state index contributed by atoms with van der Waals surface area (Å²) in [7, 11) is 0. The smallest absolute Gasteiger partial charge is 0.141 e. The van der Waals surface area contributed by atoms with Gasteiger partial charge in [0.2, 0.25) is 0 Å². The van der Waals surface area contributed by atoms with Crippen LogP contribution in [-0.2, 0) is 0 Å². The minimum Gasteiger partial charge on any atom is -0.492 e. The number of H-pyrrole nitrogens is 1. The van der Waals surface area contributed by atoms with Gasteiger partial charge in [-0.2, -0.15) is 0 Å². The van der Waals surface area contributed by atoms with E-state index in [9.17, 15) is 0 Å². The molecule has 130 valence electrons. The highest BCUT2D eigenvalue weighted by atomic mass is 16.5. The number of nitrogens with one attached hydrogen (secondary N) is 2. The molecule has 2 fully saturated rings. The second kappa shape index (κ2) is 6.75. The Hall–Kier alpha value is -1.55. The number of ether oxygens (including phenoxy) is 1. The van der Waals surface area contributed by atoms with Crippen LogP contribution < -0.4 is 10.1 Å². The molecule has 0 unspecified atom stereocenters. The van der Waals surface area contributed by atoms with E-state index in [0.29, 0.717) is 5.92 Å². The van der Waals surface area contributed by atoms with Crippen LogP contribution >= 0.6 is 0 Å². The fourth-order valence-electron chi connectivity index (χ4n) is 4.33. The maximum absolute atomic E-state index is 6.36. The number of piperidine rings is 1. The van der Waals surface area contributed by atoms with Crippen molar-refractivity contribution in [1.29, 1.82) is 0 Å². The molecule has 4 nitrogen and oxygen atoms in total. The molecular weight excluding hydrogens is 298 g/mol. The molecule has 1 aliphatic carbocycles. The molecule has 0 amide bonds. The molecule has 1 saturated carbocycles. The number of hydrogen-bond donors (Lipinski definition) is 2. The number of aromatic nitrogens is 2. The second-order valence-electron chi connectivity index (χ2n) is 7.96. The molecule has 2 aliphatic rings. The lowest BCUT2D eigenvalue weighted by molar-refractivity contribution is 0.124. The van der Waals surface area contributed by atoms with Crippen molar-refractivity contribution in [3.63, 3.8) is 0 Å². The Bertz CT molecular complexity index is 681. The number of fused-ring (bicyclic) bond motifs is 1. The Kier molecular flexibility index (Phi) is 4.49. The van der Waals surface area contributed by atoms with Crippen LogP contribution in [0.5, 0.6) is 5.75 Å². The number of pyridine rings is 1. The van der Waals surface area contributed by atoms with Crippen molar-refractivity contribution in [1.82, 2.24) is 15.3 Å². The van der Waals surface area contributed by atoms with Crippen molar-refractivity contribution in [3.05, 3.63) is 24.0 Å². The molecule has 0 aromatic carbocycles. The Morgan fingerprint density at radius 1 is 1.21 bits per heavy atom. The van der Waals surface area contributed by atoms with Gasteiger partial charge in [0.05, 0.1) is 12.0 Å². The van der Waals surface area contributed by atoms with Gasteiger partial charge in [-0.25, -0.2) is 4.98 Å². The third-order valence-electron chi connectivity index (χ3n) is 6.00. The van der Waals surface area contributed by atoms with Gasteiger partial charge in [0.25, 0.3) is 0 Å². The highest BCUT2D eigenvalue weighted by Gasteiger charge is 2.28. The molecule has 2 aromatic heterocycles. The predicted molar refractivity (Wildman–Crippen MR) is 97.6 cm³/mol. The molecule has 0 atom stereocenters. The zero-order chi connectivity index (χ0) is 16.4. The summed E-state index contributed by atoms with van der Waals surface area (Å²) in [5, 5.41) is 4.67. The SMILES string of the molecule is CC1(COc2ccnc3[nH]cc(C4CCCCC4)c23)CCNCC1. The first-order chi connectivity index (χ1) is 11.8. The van der Waals surface area contributed by atoms with E-state index in [4.69, 9.17) is 4.74 Å². The van der Waals surface area contributed by atoms with Gasteiger partial charge in [0.15, 0.2) is 0 Å². The monoisotopic (exact) mass is 327 g/mol. The number of aromatic amines is 1. The van der Waals surface area contributed by atoms with E-state index in [1.54, 1.807) is 0 Å². The molecule has 2 aromatic rings. The molecule has 4 heteroatoms. The molecule has 0 radical (unpaired) electrons. The summed E-state index contributed by atoms with van der Waals surface area (Å²) >= 11 is 0. The Morgan fingerprint density at radius 2 is 2.00 bits per heavy atom. The topological polar surface area (TPSA) is 49.9 Å². The predicted octanol–water partition coefficient (Wildman–Crippen LogP) is 4.38. The number of nitrogens with zero attached hydrogens (tertiary/aromatic N) is 1. The van der Waals surface area contributed by atoms with E-state index >= 15 is 0 Å². The summed E-state index contributed by atoms with van der Waals surface area (Å²) in [5.41, 5.74) is 2.68. The molecule has 24 heavy (non-hydrogen) atoms. The van der Waals surface area contributed by atoms with Crippen molar-refractivity contribution < 1.29 is 4.74 Å². The Labute approximate surface area is 144 Å². The molecule has 0 bridgehead atoms. The van der Waals surface area contributed by atoms with Crippen LogP contribution in [0.15, 0.2) is 18.5 Å². The Morgan fingerprint density at radius 3 is 2.79 bits per heavy atom. The van der Waals surface area contributed by atoms with Crippen molar-refractivity contribution in [2.24, 2.45) is 5.41 Å². The van der Waals surface area contributed by atoms with Crippen molar-refractivity contribution >= 4 is 11.0 Å². The zero-order valence-electron chi connectivity index (χ0n) is 14.7. The van der Waals surface area contributed by atoms with E-state index in [2.05, 4.69) is 28.4 Å². The highest BCUT2D eigenvalue weighted by Crippen LogP contribution is 2.40. The maximum atomic E-state index is 6.36.